The molecule has 174 valence electrons. The lowest BCUT2D eigenvalue weighted by Gasteiger charge is -2.21. The Hall–Kier alpha value is -3.16. The van der Waals surface area contributed by atoms with E-state index < -0.39 is 22.0 Å². The molecule has 0 radical (unpaired) electrons. The molecule has 33 heavy (non-hydrogen) atoms. The van der Waals surface area contributed by atoms with Gasteiger partial charge in [0.25, 0.3) is 0 Å². The van der Waals surface area contributed by atoms with E-state index in [9.17, 15) is 13.2 Å². The third-order valence-electron chi connectivity index (χ3n) is 5.49. The van der Waals surface area contributed by atoms with E-state index in [1.165, 1.54) is 13.2 Å². The van der Waals surface area contributed by atoms with E-state index in [0.29, 0.717) is 0 Å². The number of methoxy groups -OCH3 is 1. The summed E-state index contributed by atoms with van der Waals surface area (Å²) in [5, 5.41) is 2.97. The summed E-state index contributed by atoms with van der Waals surface area (Å²) in [6.45, 7) is 5.73. The molecule has 1 atom stereocenters. The second-order valence-electron chi connectivity index (χ2n) is 7.97. The number of hydrogen-bond donors (Lipinski definition) is 2. The van der Waals surface area contributed by atoms with Crippen molar-refractivity contribution in [1.82, 2.24) is 4.72 Å². The van der Waals surface area contributed by atoms with Crippen LogP contribution in [0.25, 0.3) is 0 Å². The number of benzene rings is 3. The van der Waals surface area contributed by atoms with Gasteiger partial charge in [-0.25, -0.2) is 8.42 Å². The molecule has 0 aromatic heterocycles. The van der Waals surface area contributed by atoms with Crippen LogP contribution in [0, 0.1) is 13.8 Å². The molecule has 0 aliphatic heterocycles. The van der Waals surface area contributed by atoms with Crippen LogP contribution >= 0.6 is 0 Å². The summed E-state index contributed by atoms with van der Waals surface area (Å²) in [4.78, 5) is 13.4. The maximum atomic E-state index is 13.4. The number of aryl methyl sites for hydroxylation is 3. The first-order valence-electron chi connectivity index (χ1n) is 10.9. The number of carbonyl (C=O) groups is 1. The molecule has 3 rings (SSSR count). The number of ether oxygens (including phenoxy) is 1. The van der Waals surface area contributed by atoms with Gasteiger partial charge in [-0.1, -0.05) is 61.5 Å². The Kier molecular flexibility index (Phi) is 7.89. The topological polar surface area (TPSA) is 84.5 Å². The zero-order valence-electron chi connectivity index (χ0n) is 19.4. The Morgan fingerprint density at radius 2 is 1.73 bits per heavy atom. The molecule has 1 unspecified atom stereocenters. The first kappa shape index (κ1) is 24.5. The molecular weight excluding hydrogens is 436 g/mol. The molecule has 0 aliphatic rings. The highest BCUT2D eigenvalue weighted by atomic mass is 32.2. The minimum atomic E-state index is -4.04. The predicted molar refractivity (Wildman–Crippen MR) is 131 cm³/mol. The molecule has 0 saturated carbocycles. The summed E-state index contributed by atoms with van der Waals surface area (Å²) in [5.41, 5.74) is 4.24. The standard InChI is InChI=1S/C26H30N2O4S/c1-5-21-13-9-10-19(3)25(21)27-26(29)22(17-20-11-7-6-8-12-20)28-33(30,31)24-16-18(2)14-15-23(24)32-4/h6-16,22,28H,5,17H2,1-4H3,(H,27,29). The Morgan fingerprint density at radius 3 is 2.39 bits per heavy atom. The summed E-state index contributed by atoms with van der Waals surface area (Å²) in [7, 11) is -2.62. The van der Waals surface area contributed by atoms with Gasteiger partial charge in [0.1, 0.15) is 16.7 Å². The van der Waals surface area contributed by atoms with Crippen molar-refractivity contribution in [1.29, 1.82) is 0 Å². The highest BCUT2D eigenvalue weighted by Gasteiger charge is 2.29. The SMILES string of the molecule is CCc1cccc(C)c1NC(=O)C(Cc1ccccc1)NS(=O)(=O)c1cc(C)ccc1OC. The molecule has 3 aromatic carbocycles. The van der Waals surface area contributed by atoms with Crippen molar-refractivity contribution in [3.63, 3.8) is 0 Å². The fourth-order valence-electron chi connectivity index (χ4n) is 3.69. The van der Waals surface area contributed by atoms with Gasteiger partial charge in [-0.2, -0.15) is 4.72 Å². The van der Waals surface area contributed by atoms with Crippen LogP contribution in [0.15, 0.2) is 71.6 Å². The van der Waals surface area contributed by atoms with Crippen LogP contribution in [-0.4, -0.2) is 27.5 Å². The zero-order valence-corrected chi connectivity index (χ0v) is 20.2. The number of para-hydroxylation sites is 1. The fourth-order valence-corrected chi connectivity index (χ4v) is 5.14. The minimum Gasteiger partial charge on any atom is -0.495 e. The third-order valence-corrected chi connectivity index (χ3v) is 6.99. The Balaban J connectivity index is 1.97. The number of hydrogen-bond acceptors (Lipinski definition) is 4. The quantitative estimate of drug-likeness (QED) is 0.489. The average molecular weight is 467 g/mol. The number of carbonyl (C=O) groups excluding carboxylic acids is 1. The summed E-state index contributed by atoms with van der Waals surface area (Å²) < 4.78 is 34.6. The van der Waals surface area contributed by atoms with Crippen LogP contribution in [0.5, 0.6) is 5.75 Å². The average Bonchev–Trinajstić information content (AvgIpc) is 2.80. The second-order valence-corrected chi connectivity index (χ2v) is 9.65. The van der Waals surface area contributed by atoms with Crippen molar-refractivity contribution in [2.45, 2.75) is 44.6 Å². The lowest BCUT2D eigenvalue weighted by molar-refractivity contribution is -0.117. The third kappa shape index (κ3) is 6.00. The van der Waals surface area contributed by atoms with Crippen LogP contribution < -0.4 is 14.8 Å². The number of anilines is 1. The van der Waals surface area contributed by atoms with Gasteiger partial charge in [-0.15, -0.1) is 0 Å². The summed E-state index contributed by atoms with van der Waals surface area (Å²) in [6.07, 6.45) is 0.945. The maximum absolute atomic E-state index is 13.4. The van der Waals surface area contributed by atoms with Crippen LogP contribution in [0.2, 0.25) is 0 Å². The van der Waals surface area contributed by atoms with E-state index in [0.717, 1.165) is 34.4 Å². The van der Waals surface area contributed by atoms with E-state index in [1.807, 2.05) is 62.4 Å². The van der Waals surface area contributed by atoms with E-state index in [4.69, 9.17) is 4.74 Å². The molecule has 0 aliphatic carbocycles. The predicted octanol–water partition coefficient (Wildman–Crippen LogP) is 4.40. The van der Waals surface area contributed by atoms with E-state index in [2.05, 4.69) is 10.0 Å². The maximum Gasteiger partial charge on any atom is 0.245 e. The van der Waals surface area contributed by atoms with Gasteiger partial charge in [0.2, 0.25) is 15.9 Å². The molecule has 2 N–H and O–H groups in total. The molecule has 7 heteroatoms. The highest BCUT2D eigenvalue weighted by molar-refractivity contribution is 7.89. The fraction of sp³-hybridized carbons (Fsp3) is 0.269. The van der Waals surface area contributed by atoms with E-state index in [1.54, 1.807) is 19.1 Å². The van der Waals surface area contributed by atoms with Gasteiger partial charge in [0.15, 0.2) is 0 Å². The summed E-state index contributed by atoms with van der Waals surface area (Å²) in [6, 6.07) is 19.0. The van der Waals surface area contributed by atoms with Gasteiger partial charge >= 0.3 is 0 Å². The van der Waals surface area contributed by atoms with Crippen molar-refractivity contribution in [3.8, 4) is 5.75 Å². The first-order valence-corrected chi connectivity index (χ1v) is 12.3. The van der Waals surface area contributed by atoms with E-state index in [-0.39, 0.29) is 17.1 Å². The van der Waals surface area contributed by atoms with Crippen LogP contribution in [0.4, 0.5) is 5.69 Å². The minimum absolute atomic E-state index is 0.000926. The van der Waals surface area contributed by atoms with Crippen molar-refractivity contribution in [2.24, 2.45) is 0 Å². The zero-order chi connectivity index (χ0) is 24.0. The molecule has 3 aromatic rings. The van der Waals surface area contributed by atoms with Crippen molar-refractivity contribution in [3.05, 3.63) is 89.0 Å². The smallest absolute Gasteiger partial charge is 0.245 e. The summed E-state index contributed by atoms with van der Waals surface area (Å²) >= 11 is 0. The monoisotopic (exact) mass is 466 g/mol. The Bertz CT molecular complexity index is 1220. The lowest BCUT2D eigenvalue weighted by atomic mass is 10.0. The lowest BCUT2D eigenvalue weighted by Crippen LogP contribution is -2.45. The normalized spacial score (nSPS) is 12.2. The second kappa shape index (κ2) is 10.6. The number of amides is 1. The van der Waals surface area contributed by atoms with Crippen LogP contribution in [0.1, 0.15) is 29.2 Å². The number of rotatable bonds is 9. The highest BCUT2D eigenvalue weighted by Crippen LogP contribution is 2.26. The van der Waals surface area contributed by atoms with Gasteiger partial charge < -0.3 is 10.1 Å². The van der Waals surface area contributed by atoms with Crippen molar-refractivity contribution >= 4 is 21.6 Å². The van der Waals surface area contributed by atoms with Gasteiger partial charge in [-0.3, -0.25) is 4.79 Å². The summed E-state index contributed by atoms with van der Waals surface area (Å²) in [5.74, 6) is -0.197. The van der Waals surface area contributed by atoms with Crippen LogP contribution in [0.3, 0.4) is 0 Å². The Morgan fingerprint density at radius 1 is 1.00 bits per heavy atom. The molecule has 0 spiro atoms. The molecule has 6 nitrogen and oxygen atoms in total. The molecule has 0 bridgehead atoms. The first-order chi connectivity index (χ1) is 15.7. The van der Waals surface area contributed by atoms with Crippen molar-refractivity contribution < 1.29 is 17.9 Å². The van der Waals surface area contributed by atoms with Crippen molar-refractivity contribution in [2.75, 3.05) is 12.4 Å². The molecule has 0 heterocycles. The largest absolute Gasteiger partial charge is 0.495 e. The molecular formula is C26H30N2O4S. The number of sulfonamides is 1. The number of nitrogens with one attached hydrogen (secondary N) is 2. The molecule has 1 amide bonds. The van der Waals surface area contributed by atoms with Gasteiger partial charge in [0, 0.05) is 5.69 Å². The van der Waals surface area contributed by atoms with Crippen LogP contribution in [-0.2, 0) is 27.7 Å². The molecule has 0 fully saturated rings. The molecule has 0 saturated heterocycles. The van der Waals surface area contributed by atoms with E-state index >= 15 is 0 Å². The van der Waals surface area contributed by atoms with Gasteiger partial charge in [-0.05, 0) is 61.1 Å². The van der Waals surface area contributed by atoms with Gasteiger partial charge in [0.05, 0.1) is 7.11 Å². The Labute approximate surface area is 196 Å².